The van der Waals surface area contributed by atoms with E-state index >= 15 is 0 Å². The lowest BCUT2D eigenvalue weighted by molar-refractivity contribution is 0.428. The summed E-state index contributed by atoms with van der Waals surface area (Å²) in [6.07, 6.45) is 5.37. The van der Waals surface area contributed by atoms with Crippen molar-refractivity contribution in [3.8, 4) is 0 Å². The van der Waals surface area contributed by atoms with Gasteiger partial charge in [0.2, 0.25) is 0 Å². The van der Waals surface area contributed by atoms with Crippen molar-refractivity contribution in [2.45, 2.75) is 39.2 Å². The van der Waals surface area contributed by atoms with Gasteiger partial charge in [0, 0.05) is 19.0 Å². The van der Waals surface area contributed by atoms with Crippen LogP contribution in [-0.2, 0) is 6.42 Å². The summed E-state index contributed by atoms with van der Waals surface area (Å²) in [4.78, 5) is 4.37. The number of nitrogens with one attached hydrogen (secondary N) is 1. The van der Waals surface area contributed by atoms with Crippen LogP contribution in [-0.4, -0.2) is 28.4 Å². The van der Waals surface area contributed by atoms with Crippen LogP contribution in [0.15, 0.2) is 6.33 Å². The van der Waals surface area contributed by atoms with E-state index in [1.807, 2.05) is 11.7 Å². The van der Waals surface area contributed by atoms with E-state index in [1.54, 1.807) is 6.33 Å². The van der Waals surface area contributed by atoms with Crippen molar-refractivity contribution in [2.24, 2.45) is 5.41 Å². The van der Waals surface area contributed by atoms with Crippen LogP contribution in [0.4, 0.5) is 0 Å². The van der Waals surface area contributed by atoms with Gasteiger partial charge in [-0.25, -0.2) is 9.67 Å². The zero-order valence-electron chi connectivity index (χ0n) is 9.82. The number of nitrogens with zero attached hydrogens (tertiary/aromatic N) is 3. The SMILES string of the molecule is CNCC1(Cc2ncnn2C(C)C)CC1. The van der Waals surface area contributed by atoms with Gasteiger partial charge in [-0.2, -0.15) is 5.10 Å². The van der Waals surface area contributed by atoms with Gasteiger partial charge in [0.25, 0.3) is 0 Å². The smallest absolute Gasteiger partial charge is 0.138 e. The Morgan fingerprint density at radius 2 is 2.27 bits per heavy atom. The van der Waals surface area contributed by atoms with Gasteiger partial charge in [-0.1, -0.05) is 0 Å². The summed E-state index contributed by atoms with van der Waals surface area (Å²) in [5, 5.41) is 7.55. The number of hydrogen-bond donors (Lipinski definition) is 1. The predicted molar refractivity (Wildman–Crippen MR) is 59.7 cm³/mol. The maximum Gasteiger partial charge on any atom is 0.138 e. The molecule has 1 aliphatic carbocycles. The van der Waals surface area contributed by atoms with Crippen LogP contribution >= 0.6 is 0 Å². The number of hydrogen-bond acceptors (Lipinski definition) is 3. The van der Waals surface area contributed by atoms with Crippen molar-refractivity contribution in [3.05, 3.63) is 12.2 Å². The first kappa shape index (κ1) is 10.6. The molecule has 1 heterocycles. The van der Waals surface area contributed by atoms with Crippen LogP contribution in [0, 0.1) is 5.41 Å². The standard InChI is InChI=1S/C11H20N4/c1-9(2)15-10(13-8-14-15)6-11(4-5-11)7-12-3/h8-9,12H,4-7H2,1-3H3. The van der Waals surface area contributed by atoms with Gasteiger partial charge in [-0.3, -0.25) is 0 Å². The molecule has 0 aromatic carbocycles. The lowest BCUT2D eigenvalue weighted by Gasteiger charge is -2.15. The van der Waals surface area contributed by atoms with E-state index in [-0.39, 0.29) is 0 Å². The van der Waals surface area contributed by atoms with E-state index in [9.17, 15) is 0 Å². The molecule has 1 N–H and O–H groups in total. The largest absolute Gasteiger partial charge is 0.319 e. The van der Waals surface area contributed by atoms with E-state index in [1.165, 1.54) is 12.8 Å². The van der Waals surface area contributed by atoms with Crippen LogP contribution in [0.1, 0.15) is 38.6 Å². The van der Waals surface area contributed by atoms with Gasteiger partial charge in [0.05, 0.1) is 0 Å². The topological polar surface area (TPSA) is 42.7 Å². The number of rotatable bonds is 5. The summed E-state index contributed by atoms with van der Waals surface area (Å²) in [6.45, 7) is 5.39. The maximum atomic E-state index is 4.37. The van der Waals surface area contributed by atoms with Crippen molar-refractivity contribution in [1.29, 1.82) is 0 Å². The van der Waals surface area contributed by atoms with Gasteiger partial charge in [0.1, 0.15) is 12.2 Å². The van der Waals surface area contributed by atoms with E-state index in [0.717, 1.165) is 18.8 Å². The Labute approximate surface area is 91.1 Å². The van der Waals surface area contributed by atoms with Crippen LogP contribution in [0.3, 0.4) is 0 Å². The highest BCUT2D eigenvalue weighted by Gasteiger charge is 2.43. The van der Waals surface area contributed by atoms with Gasteiger partial charge in [-0.05, 0) is 39.2 Å². The Morgan fingerprint density at radius 3 is 2.80 bits per heavy atom. The zero-order valence-corrected chi connectivity index (χ0v) is 9.82. The molecule has 15 heavy (non-hydrogen) atoms. The van der Waals surface area contributed by atoms with E-state index < -0.39 is 0 Å². The van der Waals surface area contributed by atoms with Crippen molar-refractivity contribution in [3.63, 3.8) is 0 Å². The normalized spacial score (nSPS) is 18.4. The summed E-state index contributed by atoms with van der Waals surface area (Å²) in [5.41, 5.74) is 0.467. The third kappa shape index (κ3) is 2.20. The fraction of sp³-hybridized carbons (Fsp3) is 0.818. The lowest BCUT2D eigenvalue weighted by atomic mass is 10.0. The molecule has 0 atom stereocenters. The maximum absolute atomic E-state index is 4.37. The van der Waals surface area contributed by atoms with Crippen LogP contribution in [0.2, 0.25) is 0 Å². The predicted octanol–water partition coefficient (Wildman–Crippen LogP) is 1.40. The summed E-state index contributed by atoms with van der Waals surface area (Å²) in [5.74, 6) is 1.14. The highest BCUT2D eigenvalue weighted by Crippen LogP contribution is 2.47. The average Bonchev–Trinajstić information content (AvgIpc) is 2.77. The van der Waals surface area contributed by atoms with Crippen molar-refractivity contribution in [2.75, 3.05) is 13.6 Å². The third-order valence-corrected chi connectivity index (χ3v) is 3.18. The molecule has 1 aromatic heterocycles. The Morgan fingerprint density at radius 1 is 1.53 bits per heavy atom. The molecular formula is C11H20N4. The quantitative estimate of drug-likeness (QED) is 0.795. The summed E-state index contributed by atoms with van der Waals surface area (Å²) in [6, 6.07) is 0.410. The Kier molecular flexibility index (Phi) is 2.78. The third-order valence-electron chi connectivity index (χ3n) is 3.18. The molecule has 4 nitrogen and oxygen atoms in total. The minimum Gasteiger partial charge on any atom is -0.319 e. The molecule has 0 bridgehead atoms. The lowest BCUT2D eigenvalue weighted by Crippen LogP contribution is -2.24. The van der Waals surface area contributed by atoms with E-state index in [4.69, 9.17) is 0 Å². The first-order valence-electron chi connectivity index (χ1n) is 5.70. The molecule has 0 radical (unpaired) electrons. The molecule has 1 aliphatic rings. The van der Waals surface area contributed by atoms with Crippen LogP contribution in [0.25, 0.3) is 0 Å². The summed E-state index contributed by atoms with van der Waals surface area (Å²) < 4.78 is 2.04. The van der Waals surface area contributed by atoms with Gasteiger partial charge < -0.3 is 5.32 Å². The van der Waals surface area contributed by atoms with Crippen LogP contribution < -0.4 is 5.32 Å². The minimum absolute atomic E-state index is 0.410. The zero-order chi connectivity index (χ0) is 10.9. The molecule has 2 rings (SSSR count). The molecule has 0 spiro atoms. The molecule has 0 aliphatic heterocycles. The first-order valence-corrected chi connectivity index (χ1v) is 5.70. The number of aromatic nitrogens is 3. The highest BCUT2D eigenvalue weighted by molar-refractivity contribution is 5.03. The fourth-order valence-electron chi connectivity index (χ4n) is 2.14. The van der Waals surface area contributed by atoms with Gasteiger partial charge >= 0.3 is 0 Å². The molecule has 0 unspecified atom stereocenters. The van der Waals surface area contributed by atoms with Crippen molar-refractivity contribution >= 4 is 0 Å². The van der Waals surface area contributed by atoms with Crippen LogP contribution in [0.5, 0.6) is 0 Å². The van der Waals surface area contributed by atoms with E-state index in [2.05, 4.69) is 29.2 Å². The second-order valence-corrected chi connectivity index (χ2v) is 4.92. The second-order valence-electron chi connectivity index (χ2n) is 4.92. The fourth-order valence-corrected chi connectivity index (χ4v) is 2.14. The summed E-state index contributed by atoms with van der Waals surface area (Å²) in [7, 11) is 2.02. The first-order chi connectivity index (χ1) is 7.17. The Hall–Kier alpha value is -0.900. The van der Waals surface area contributed by atoms with Gasteiger partial charge in [-0.15, -0.1) is 0 Å². The molecular weight excluding hydrogens is 188 g/mol. The second kappa shape index (κ2) is 3.93. The van der Waals surface area contributed by atoms with Crippen molar-refractivity contribution in [1.82, 2.24) is 20.1 Å². The molecule has 0 saturated heterocycles. The molecule has 1 saturated carbocycles. The van der Waals surface area contributed by atoms with Gasteiger partial charge in [0.15, 0.2) is 0 Å². The molecule has 4 heteroatoms. The van der Waals surface area contributed by atoms with Crippen molar-refractivity contribution < 1.29 is 0 Å². The molecule has 1 fully saturated rings. The monoisotopic (exact) mass is 208 g/mol. The highest BCUT2D eigenvalue weighted by atomic mass is 15.3. The molecule has 84 valence electrons. The summed E-state index contributed by atoms with van der Waals surface area (Å²) >= 11 is 0. The Balaban J connectivity index is 2.07. The molecule has 0 amide bonds. The van der Waals surface area contributed by atoms with E-state index in [0.29, 0.717) is 11.5 Å². The Bertz CT molecular complexity index is 325. The molecule has 1 aromatic rings. The average molecular weight is 208 g/mol. The minimum atomic E-state index is 0.410.